The Bertz CT molecular complexity index is 941. The number of hydrogen-bond acceptors (Lipinski definition) is 7. The molecule has 0 bridgehead atoms. The second-order valence-corrected chi connectivity index (χ2v) is 8.20. The minimum absolute atomic E-state index is 0.00754. The third kappa shape index (κ3) is 5.10. The predicted octanol–water partition coefficient (Wildman–Crippen LogP) is 4.07. The Kier molecular flexibility index (Phi) is 5.99. The number of benzene rings is 1. The van der Waals surface area contributed by atoms with E-state index in [4.69, 9.17) is 8.83 Å². The molecule has 3 rings (SSSR count). The predicted molar refractivity (Wildman–Crippen MR) is 105 cm³/mol. The lowest BCUT2D eigenvalue weighted by Gasteiger charge is -2.18. The highest BCUT2D eigenvalue weighted by Gasteiger charge is 2.16. The van der Waals surface area contributed by atoms with Crippen LogP contribution in [-0.4, -0.2) is 27.8 Å². The second-order valence-electron chi connectivity index (χ2n) is 7.15. The fourth-order valence-corrected chi connectivity index (χ4v) is 3.08. The summed E-state index contributed by atoms with van der Waals surface area (Å²) in [5.74, 6) is 0.407. The number of carbonyl (C=O) groups excluding carboxylic acids is 2. The van der Waals surface area contributed by atoms with Crippen molar-refractivity contribution >= 4 is 23.6 Å². The van der Waals surface area contributed by atoms with Crippen LogP contribution in [-0.2, 0) is 10.2 Å². The van der Waals surface area contributed by atoms with Crippen molar-refractivity contribution in [3.63, 3.8) is 0 Å². The number of imide groups is 1. The molecule has 0 aliphatic heterocycles. The molecule has 2 heterocycles. The zero-order valence-corrected chi connectivity index (χ0v) is 16.7. The lowest BCUT2D eigenvalue weighted by atomic mass is 9.87. The van der Waals surface area contributed by atoms with E-state index in [1.165, 1.54) is 18.0 Å². The summed E-state index contributed by atoms with van der Waals surface area (Å²) in [6.45, 7) is 6.30. The van der Waals surface area contributed by atoms with E-state index in [1.54, 1.807) is 24.3 Å². The highest BCUT2D eigenvalue weighted by Crippen LogP contribution is 2.24. The first-order valence-corrected chi connectivity index (χ1v) is 9.76. The van der Waals surface area contributed by atoms with Crippen molar-refractivity contribution in [2.45, 2.75) is 37.8 Å². The molecule has 2 aromatic heterocycles. The van der Waals surface area contributed by atoms with E-state index < -0.39 is 5.91 Å². The van der Waals surface area contributed by atoms with E-state index in [0.717, 1.165) is 5.56 Å². The van der Waals surface area contributed by atoms with Gasteiger partial charge < -0.3 is 8.83 Å². The molecule has 0 unspecified atom stereocenters. The minimum Gasteiger partial charge on any atom is -0.459 e. The van der Waals surface area contributed by atoms with Crippen LogP contribution in [0.25, 0.3) is 11.7 Å². The maximum Gasteiger partial charge on any atom is 0.284 e. The molecule has 0 spiro atoms. The number of carbonyl (C=O) groups is 2. The van der Waals surface area contributed by atoms with Gasteiger partial charge in [0.2, 0.25) is 5.91 Å². The molecule has 0 aliphatic carbocycles. The normalized spacial score (nSPS) is 11.4. The zero-order chi connectivity index (χ0) is 20.1. The lowest BCUT2D eigenvalue weighted by molar-refractivity contribution is -0.119. The van der Waals surface area contributed by atoms with Gasteiger partial charge in [0.1, 0.15) is 0 Å². The molecule has 1 aromatic carbocycles. The largest absolute Gasteiger partial charge is 0.459 e. The maximum absolute atomic E-state index is 12.2. The van der Waals surface area contributed by atoms with Crippen LogP contribution in [0.4, 0.5) is 0 Å². The van der Waals surface area contributed by atoms with Crippen LogP contribution in [0.2, 0.25) is 0 Å². The molecule has 0 atom stereocenters. The van der Waals surface area contributed by atoms with Crippen molar-refractivity contribution in [3.8, 4) is 11.7 Å². The lowest BCUT2D eigenvalue weighted by Crippen LogP contribution is -2.30. The fraction of sp³-hybridized carbons (Fsp3) is 0.300. The van der Waals surface area contributed by atoms with Crippen LogP contribution in [0.1, 0.15) is 43.1 Å². The first-order valence-electron chi connectivity index (χ1n) is 8.78. The maximum atomic E-state index is 12.2. The van der Waals surface area contributed by atoms with E-state index >= 15 is 0 Å². The number of nitrogens with one attached hydrogen (secondary N) is 1. The van der Waals surface area contributed by atoms with Gasteiger partial charge >= 0.3 is 0 Å². The molecule has 0 saturated heterocycles. The summed E-state index contributed by atoms with van der Waals surface area (Å²) in [4.78, 5) is 24.2. The van der Waals surface area contributed by atoms with Crippen LogP contribution in [0.5, 0.6) is 0 Å². The van der Waals surface area contributed by atoms with Gasteiger partial charge in [-0.15, -0.1) is 10.2 Å². The van der Waals surface area contributed by atoms with E-state index in [9.17, 15) is 9.59 Å². The van der Waals surface area contributed by atoms with Crippen molar-refractivity contribution < 1.29 is 18.4 Å². The summed E-state index contributed by atoms with van der Waals surface area (Å²) in [5.41, 5.74) is 1.59. The van der Waals surface area contributed by atoms with Crippen molar-refractivity contribution in [2.75, 3.05) is 5.75 Å². The van der Waals surface area contributed by atoms with Gasteiger partial charge in [-0.2, -0.15) is 0 Å². The number of amides is 2. The van der Waals surface area contributed by atoms with E-state index in [1.807, 2.05) is 12.1 Å². The zero-order valence-electron chi connectivity index (χ0n) is 15.9. The summed E-state index contributed by atoms with van der Waals surface area (Å²) >= 11 is 1.24. The monoisotopic (exact) mass is 399 g/mol. The summed E-state index contributed by atoms with van der Waals surface area (Å²) in [6, 6.07) is 10.7. The Hall–Kier alpha value is -2.87. The Labute approximate surface area is 166 Å². The summed E-state index contributed by atoms with van der Waals surface area (Å²) in [7, 11) is 0. The third-order valence-corrected chi connectivity index (χ3v) is 4.78. The van der Waals surface area contributed by atoms with Gasteiger partial charge in [-0.1, -0.05) is 44.7 Å². The van der Waals surface area contributed by atoms with Crippen molar-refractivity contribution in [2.24, 2.45) is 0 Å². The van der Waals surface area contributed by atoms with E-state index in [0.29, 0.717) is 22.3 Å². The Morgan fingerprint density at radius 1 is 1.11 bits per heavy atom. The quantitative estimate of drug-likeness (QED) is 0.624. The van der Waals surface area contributed by atoms with Gasteiger partial charge in [0.25, 0.3) is 17.0 Å². The van der Waals surface area contributed by atoms with Gasteiger partial charge in [0.05, 0.1) is 6.26 Å². The molecule has 146 valence electrons. The highest BCUT2D eigenvalue weighted by molar-refractivity contribution is 7.99. The molecule has 0 fully saturated rings. The smallest absolute Gasteiger partial charge is 0.284 e. The second kappa shape index (κ2) is 8.43. The summed E-state index contributed by atoms with van der Waals surface area (Å²) < 4.78 is 10.6. The molecular formula is C20H21N3O4S. The van der Waals surface area contributed by atoms with Gasteiger partial charge in [0, 0.05) is 17.7 Å². The number of thioether (sulfide) groups is 1. The van der Waals surface area contributed by atoms with Gasteiger partial charge in [-0.3, -0.25) is 14.9 Å². The standard InChI is InChI=1S/C20H21N3O4S/c1-20(2,3)14-8-6-13(7-9-14)17(25)21-16(24)10-12-28-19-23-22-18(27-19)15-5-4-11-26-15/h4-9,11H,10,12H2,1-3H3,(H,21,24,25). The number of hydrogen-bond donors (Lipinski definition) is 1. The van der Waals surface area contributed by atoms with E-state index in [-0.39, 0.29) is 23.6 Å². The molecule has 8 heteroatoms. The topological polar surface area (TPSA) is 98.2 Å². The van der Waals surface area contributed by atoms with Crippen molar-refractivity contribution in [1.82, 2.24) is 15.5 Å². The average molecular weight is 399 g/mol. The highest BCUT2D eigenvalue weighted by atomic mass is 32.2. The number of furan rings is 1. The summed E-state index contributed by atoms with van der Waals surface area (Å²) in [6.07, 6.45) is 1.67. The van der Waals surface area contributed by atoms with Crippen molar-refractivity contribution in [3.05, 3.63) is 53.8 Å². The number of rotatable bonds is 6. The molecule has 2 amide bonds. The van der Waals surface area contributed by atoms with Gasteiger partial charge in [-0.05, 0) is 35.2 Å². The first kappa shape index (κ1) is 19.9. The SMILES string of the molecule is CC(C)(C)c1ccc(C(=O)NC(=O)CCSc2nnc(-c3ccco3)o2)cc1. The molecule has 3 aromatic rings. The molecular weight excluding hydrogens is 378 g/mol. The van der Waals surface area contributed by atoms with Crippen LogP contribution in [0, 0.1) is 0 Å². The molecule has 28 heavy (non-hydrogen) atoms. The molecule has 1 N–H and O–H groups in total. The Morgan fingerprint density at radius 3 is 2.50 bits per heavy atom. The molecule has 0 saturated carbocycles. The molecule has 0 radical (unpaired) electrons. The van der Waals surface area contributed by atoms with Crippen LogP contribution < -0.4 is 5.32 Å². The average Bonchev–Trinajstić information content (AvgIpc) is 3.32. The van der Waals surface area contributed by atoms with Crippen LogP contribution in [0.15, 0.2) is 56.7 Å². The summed E-state index contributed by atoms with van der Waals surface area (Å²) in [5, 5.41) is 10.5. The van der Waals surface area contributed by atoms with E-state index in [2.05, 4.69) is 36.3 Å². The molecule has 0 aliphatic rings. The third-order valence-electron chi connectivity index (χ3n) is 3.96. The van der Waals surface area contributed by atoms with Crippen molar-refractivity contribution in [1.29, 1.82) is 0 Å². The number of nitrogens with zero attached hydrogens (tertiary/aromatic N) is 2. The molecule has 7 nitrogen and oxygen atoms in total. The number of aromatic nitrogens is 2. The van der Waals surface area contributed by atoms with Gasteiger partial charge in [0.15, 0.2) is 5.76 Å². The minimum atomic E-state index is -0.409. The Balaban J connectivity index is 1.46. The van der Waals surface area contributed by atoms with Gasteiger partial charge in [-0.25, -0.2) is 0 Å². The first-order chi connectivity index (χ1) is 13.3. The Morgan fingerprint density at radius 2 is 1.86 bits per heavy atom. The van der Waals surface area contributed by atoms with Crippen LogP contribution >= 0.6 is 11.8 Å². The fourth-order valence-electron chi connectivity index (χ4n) is 2.38. The van der Waals surface area contributed by atoms with Crippen LogP contribution in [0.3, 0.4) is 0 Å².